The van der Waals surface area contributed by atoms with Crippen molar-refractivity contribution in [2.75, 3.05) is 31.3 Å². The molecule has 1 aromatic heterocycles. The zero-order chi connectivity index (χ0) is 13.0. The minimum atomic E-state index is 0.678. The lowest BCUT2D eigenvalue weighted by atomic mass is 10.1. The molecule has 0 unspecified atom stereocenters. The molecule has 4 heteroatoms. The maximum absolute atomic E-state index is 5.88. The molecule has 0 atom stereocenters. The molecule has 1 aromatic carbocycles. The molecule has 2 aromatic rings. The van der Waals surface area contributed by atoms with Crippen molar-refractivity contribution in [2.45, 2.75) is 0 Å². The van der Waals surface area contributed by atoms with E-state index in [1.165, 1.54) is 0 Å². The van der Waals surface area contributed by atoms with Crippen LogP contribution >= 0.6 is 0 Å². The Hall–Kier alpha value is -1.94. The molecule has 2 rings (SSSR count). The van der Waals surface area contributed by atoms with E-state index in [4.69, 9.17) is 10.5 Å². The second kappa shape index (κ2) is 5.60. The zero-order valence-electron chi connectivity index (χ0n) is 10.8. The number of methoxy groups -OCH3 is 1. The highest BCUT2D eigenvalue weighted by Crippen LogP contribution is 2.29. The number of nitrogens with zero attached hydrogens (tertiary/aromatic N) is 1. The number of anilines is 2. The monoisotopic (exact) mass is 245 g/mol. The van der Waals surface area contributed by atoms with E-state index < -0.39 is 0 Å². The zero-order valence-corrected chi connectivity index (χ0v) is 10.8. The van der Waals surface area contributed by atoms with Gasteiger partial charge in [0.2, 0.25) is 0 Å². The van der Waals surface area contributed by atoms with Gasteiger partial charge < -0.3 is 20.4 Å². The summed E-state index contributed by atoms with van der Waals surface area (Å²) in [5, 5.41) is 3.36. The SMILES string of the molecule is COCCNc1ccc(N)cc1-c1cccn1C. The minimum absolute atomic E-state index is 0.678. The van der Waals surface area contributed by atoms with Crippen LogP contribution in [0.2, 0.25) is 0 Å². The van der Waals surface area contributed by atoms with Crippen molar-refractivity contribution in [3.63, 3.8) is 0 Å². The maximum atomic E-state index is 5.88. The lowest BCUT2D eigenvalue weighted by Gasteiger charge is -2.13. The maximum Gasteiger partial charge on any atom is 0.0635 e. The van der Waals surface area contributed by atoms with Gasteiger partial charge in [0.1, 0.15) is 0 Å². The van der Waals surface area contributed by atoms with E-state index >= 15 is 0 Å². The first-order valence-corrected chi connectivity index (χ1v) is 5.96. The van der Waals surface area contributed by atoms with Crippen molar-refractivity contribution in [2.24, 2.45) is 7.05 Å². The second-order valence-corrected chi connectivity index (χ2v) is 4.23. The third kappa shape index (κ3) is 2.65. The minimum Gasteiger partial charge on any atom is -0.399 e. The van der Waals surface area contributed by atoms with Gasteiger partial charge in [-0.15, -0.1) is 0 Å². The van der Waals surface area contributed by atoms with Crippen LogP contribution in [0.5, 0.6) is 0 Å². The van der Waals surface area contributed by atoms with Crippen LogP contribution in [0.3, 0.4) is 0 Å². The molecule has 4 nitrogen and oxygen atoms in total. The summed E-state index contributed by atoms with van der Waals surface area (Å²) in [5.41, 5.74) is 9.97. The predicted octanol–water partition coefficient (Wildman–Crippen LogP) is 2.33. The molecular weight excluding hydrogens is 226 g/mol. The fourth-order valence-electron chi connectivity index (χ4n) is 1.96. The fourth-order valence-corrected chi connectivity index (χ4v) is 1.96. The Morgan fingerprint density at radius 2 is 2.17 bits per heavy atom. The summed E-state index contributed by atoms with van der Waals surface area (Å²) >= 11 is 0. The van der Waals surface area contributed by atoms with Crippen molar-refractivity contribution in [1.82, 2.24) is 4.57 Å². The Morgan fingerprint density at radius 1 is 1.33 bits per heavy atom. The first-order chi connectivity index (χ1) is 8.72. The summed E-state index contributed by atoms with van der Waals surface area (Å²) < 4.78 is 7.13. The number of nitrogens with two attached hydrogens (primary N) is 1. The smallest absolute Gasteiger partial charge is 0.0635 e. The molecule has 0 aliphatic rings. The number of hydrogen-bond acceptors (Lipinski definition) is 3. The number of nitrogen functional groups attached to an aromatic ring is 1. The summed E-state index contributed by atoms with van der Waals surface area (Å²) in [4.78, 5) is 0. The number of benzene rings is 1. The molecular formula is C14H19N3O. The molecule has 0 radical (unpaired) electrons. The fraction of sp³-hybridized carbons (Fsp3) is 0.286. The van der Waals surface area contributed by atoms with E-state index in [0.717, 1.165) is 29.2 Å². The lowest BCUT2D eigenvalue weighted by Crippen LogP contribution is -2.09. The summed E-state index contributed by atoms with van der Waals surface area (Å²) in [7, 11) is 3.72. The highest BCUT2D eigenvalue weighted by atomic mass is 16.5. The first-order valence-electron chi connectivity index (χ1n) is 5.96. The predicted molar refractivity (Wildman–Crippen MR) is 75.6 cm³/mol. The van der Waals surface area contributed by atoms with Crippen LogP contribution in [-0.2, 0) is 11.8 Å². The van der Waals surface area contributed by atoms with Crippen LogP contribution in [0.25, 0.3) is 11.3 Å². The number of ether oxygens (including phenoxy) is 1. The van der Waals surface area contributed by atoms with Crippen LogP contribution in [0, 0.1) is 0 Å². The Labute approximate surface area is 107 Å². The van der Waals surface area contributed by atoms with Gasteiger partial charge in [0.15, 0.2) is 0 Å². The van der Waals surface area contributed by atoms with E-state index in [1.807, 2.05) is 37.5 Å². The molecule has 0 aliphatic carbocycles. The van der Waals surface area contributed by atoms with Crippen LogP contribution in [0.15, 0.2) is 36.5 Å². The molecule has 0 fully saturated rings. The molecule has 96 valence electrons. The van der Waals surface area contributed by atoms with Gasteiger partial charge in [0.05, 0.1) is 6.61 Å². The molecule has 0 amide bonds. The molecule has 0 saturated heterocycles. The average molecular weight is 245 g/mol. The van der Waals surface area contributed by atoms with Crippen molar-refractivity contribution in [1.29, 1.82) is 0 Å². The number of rotatable bonds is 5. The topological polar surface area (TPSA) is 52.2 Å². The quantitative estimate of drug-likeness (QED) is 0.628. The average Bonchev–Trinajstić information content (AvgIpc) is 2.77. The molecule has 3 N–H and O–H groups in total. The molecule has 1 heterocycles. The number of nitrogens with one attached hydrogen (secondary N) is 1. The van der Waals surface area contributed by atoms with Crippen LogP contribution in [-0.4, -0.2) is 24.8 Å². The number of aryl methyl sites for hydroxylation is 1. The highest BCUT2D eigenvalue weighted by Gasteiger charge is 2.08. The molecule has 0 aliphatic heterocycles. The summed E-state index contributed by atoms with van der Waals surface area (Å²) in [6.07, 6.45) is 2.03. The molecule has 0 spiro atoms. The molecule has 0 bridgehead atoms. The van der Waals surface area contributed by atoms with E-state index in [2.05, 4.69) is 16.0 Å². The number of hydrogen-bond donors (Lipinski definition) is 2. The van der Waals surface area contributed by atoms with E-state index in [1.54, 1.807) is 7.11 Å². The van der Waals surface area contributed by atoms with Gasteiger partial charge in [-0.1, -0.05) is 0 Å². The largest absolute Gasteiger partial charge is 0.399 e. The van der Waals surface area contributed by atoms with Gasteiger partial charge in [0.25, 0.3) is 0 Å². The van der Waals surface area contributed by atoms with Gasteiger partial charge in [0, 0.05) is 49.5 Å². The van der Waals surface area contributed by atoms with Crippen molar-refractivity contribution in [3.05, 3.63) is 36.5 Å². The normalized spacial score (nSPS) is 10.6. The van der Waals surface area contributed by atoms with Crippen LogP contribution in [0.4, 0.5) is 11.4 Å². The Morgan fingerprint density at radius 3 is 2.83 bits per heavy atom. The van der Waals surface area contributed by atoms with Crippen LogP contribution in [0.1, 0.15) is 0 Å². The van der Waals surface area contributed by atoms with Gasteiger partial charge in [-0.2, -0.15) is 0 Å². The molecule has 0 saturated carbocycles. The Balaban J connectivity index is 2.32. The van der Waals surface area contributed by atoms with E-state index in [9.17, 15) is 0 Å². The molecule has 18 heavy (non-hydrogen) atoms. The second-order valence-electron chi connectivity index (χ2n) is 4.23. The first kappa shape index (κ1) is 12.5. The van der Waals surface area contributed by atoms with Gasteiger partial charge in [-0.05, 0) is 30.3 Å². The third-order valence-corrected chi connectivity index (χ3v) is 2.88. The van der Waals surface area contributed by atoms with Gasteiger partial charge >= 0.3 is 0 Å². The van der Waals surface area contributed by atoms with Gasteiger partial charge in [-0.25, -0.2) is 0 Å². The van der Waals surface area contributed by atoms with Crippen molar-refractivity contribution in [3.8, 4) is 11.3 Å². The summed E-state index contributed by atoms with van der Waals surface area (Å²) in [6, 6.07) is 10.0. The summed E-state index contributed by atoms with van der Waals surface area (Å²) in [5.74, 6) is 0. The third-order valence-electron chi connectivity index (χ3n) is 2.88. The van der Waals surface area contributed by atoms with E-state index in [-0.39, 0.29) is 0 Å². The lowest BCUT2D eigenvalue weighted by molar-refractivity contribution is 0.211. The van der Waals surface area contributed by atoms with Crippen molar-refractivity contribution >= 4 is 11.4 Å². The Bertz CT molecular complexity index is 520. The van der Waals surface area contributed by atoms with Crippen LogP contribution < -0.4 is 11.1 Å². The van der Waals surface area contributed by atoms with Gasteiger partial charge in [-0.3, -0.25) is 0 Å². The summed E-state index contributed by atoms with van der Waals surface area (Å²) in [6.45, 7) is 1.45. The number of aromatic nitrogens is 1. The highest BCUT2D eigenvalue weighted by molar-refractivity contribution is 5.79. The standard InChI is InChI=1S/C14H19N3O/c1-17-8-3-4-14(17)12-10-11(15)5-6-13(12)16-7-9-18-2/h3-6,8,10,16H,7,9,15H2,1-2H3. The van der Waals surface area contributed by atoms with E-state index in [0.29, 0.717) is 6.61 Å². The van der Waals surface area contributed by atoms with Crippen molar-refractivity contribution < 1.29 is 4.74 Å². The Kier molecular flexibility index (Phi) is 3.89.